The van der Waals surface area contributed by atoms with E-state index in [1.807, 2.05) is 0 Å². The highest BCUT2D eigenvalue weighted by molar-refractivity contribution is 7.90. The van der Waals surface area contributed by atoms with E-state index in [9.17, 15) is 21.6 Å². The number of aliphatic carboxylic acids is 1. The summed E-state index contributed by atoms with van der Waals surface area (Å²) in [5.41, 5.74) is -0.417. The van der Waals surface area contributed by atoms with Crippen LogP contribution in [0.5, 0.6) is 0 Å². The Labute approximate surface area is 136 Å². The van der Waals surface area contributed by atoms with Gasteiger partial charge in [-0.25, -0.2) is 21.6 Å². The zero-order valence-electron chi connectivity index (χ0n) is 13.2. The van der Waals surface area contributed by atoms with Crippen LogP contribution in [0.1, 0.15) is 32.3 Å². The fourth-order valence-corrected chi connectivity index (χ4v) is 4.20. The third kappa shape index (κ3) is 7.10. The maximum atomic E-state index is 12.3. The average molecular weight is 363 g/mol. The Bertz CT molecular complexity index is 764. The molecule has 1 aromatic rings. The molecule has 1 aromatic carbocycles. The van der Waals surface area contributed by atoms with E-state index in [0.29, 0.717) is 5.56 Å². The topological polar surface area (TPSA) is 118 Å². The Balaban J connectivity index is 2.90. The van der Waals surface area contributed by atoms with Crippen LogP contribution in [0.3, 0.4) is 0 Å². The summed E-state index contributed by atoms with van der Waals surface area (Å²) in [5.74, 6) is -1.16. The van der Waals surface area contributed by atoms with Gasteiger partial charge in [0.2, 0.25) is 10.0 Å². The highest BCUT2D eigenvalue weighted by Gasteiger charge is 2.26. The van der Waals surface area contributed by atoms with E-state index in [1.54, 1.807) is 13.8 Å². The molecular formula is C14H21NO6S2. The van der Waals surface area contributed by atoms with Crippen molar-refractivity contribution in [3.8, 4) is 0 Å². The van der Waals surface area contributed by atoms with Crippen molar-refractivity contribution in [2.45, 2.75) is 42.9 Å². The van der Waals surface area contributed by atoms with Crippen LogP contribution in [0, 0.1) is 0 Å². The number of hydrogen-bond donors (Lipinski definition) is 2. The standard InChI is InChI=1S/C14H21NO6S2/c1-14(2,9-8-13(16)17)15-23(20,21)12-6-4-11(5-7-12)10-22(3,18)19/h4-7,15H,8-10H2,1-3H3,(H,16,17). The average Bonchev–Trinajstić information content (AvgIpc) is 2.34. The van der Waals surface area contributed by atoms with E-state index in [0.717, 1.165) is 6.26 Å². The Morgan fingerprint density at radius 1 is 1.13 bits per heavy atom. The number of carboxylic acids is 1. The van der Waals surface area contributed by atoms with Crippen LogP contribution in [-0.4, -0.2) is 39.7 Å². The van der Waals surface area contributed by atoms with Crippen LogP contribution < -0.4 is 4.72 Å². The van der Waals surface area contributed by atoms with Gasteiger partial charge in [0, 0.05) is 18.2 Å². The summed E-state index contributed by atoms with van der Waals surface area (Å²) >= 11 is 0. The first-order valence-electron chi connectivity index (χ1n) is 6.83. The van der Waals surface area contributed by atoms with Gasteiger partial charge in [-0.05, 0) is 38.0 Å². The molecule has 0 radical (unpaired) electrons. The maximum absolute atomic E-state index is 12.3. The van der Waals surface area contributed by atoms with Gasteiger partial charge in [-0.15, -0.1) is 0 Å². The van der Waals surface area contributed by atoms with E-state index in [-0.39, 0.29) is 23.5 Å². The first kappa shape index (κ1) is 19.6. The maximum Gasteiger partial charge on any atom is 0.303 e. The summed E-state index contributed by atoms with van der Waals surface area (Å²) in [5, 5.41) is 8.69. The Hall–Kier alpha value is -1.45. The van der Waals surface area contributed by atoms with Crippen molar-refractivity contribution in [1.82, 2.24) is 4.72 Å². The molecule has 0 fully saturated rings. The molecule has 0 unspecified atom stereocenters. The zero-order chi connectivity index (χ0) is 17.9. The molecular weight excluding hydrogens is 342 g/mol. The summed E-state index contributed by atoms with van der Waals surface area (Å²) in [6.45, 7) is 3.21. The van der Waals surface area contributed by atoms with Gasteiger partial charge in [0.05, 0.1) is 10.6 Å². The predicted octanol–water partition coefficient (Wildman–Crippen LogP) is 1.15. The molecule has 0 aliphatic rings. The van der Waals surface area contributed by atoms with Gasteiger partial charge in [-0.3, -0.25) is 4.79 Å². The summed E-state index contributed by atoms with van der Waals surface area (Å²) in [6.07, 6.45) is 1.10. The van der Waals surface area contributed by atoms with E-state index in [2.05, 4.69) is 4.72 Å². The molecule has 9 heteroatoms. The van der Waals surface area contributed by atoms with Crippen LogP contribution in [0.15, 0.2) is 29.2 Å². The van der Waals surface area contributed by atoms with E-state index >= 15 is 0 Å². The monoisotopic (exact) mass is 363 g/mol. The van der Waals surface area contributed by atoms with Crippen molar-refractivity contribution in [2.75, 3.05) is 6.26 Å². The van der Waals surface area contributed by atoms with Gasteiger partial charge >= 0.3 is 5.97 Å². The summed E-state index contributed by atoms with van der Waals surface area (Å²) < 4.78 is 49.5. The van der Waals surface area contributed by atoms with Crippen LogP contribution in [-0.2, 0) is 30.4 Å². The molecule has 0 aromatic heterocycles. The van der Waals surface area contributed by atoms with Gasteiger partial charge in [0.25, 0.3) is 0 Å². The number of rotatable bonds is 8. The molecule has 0 saturated carbocycles. The van der Waals surface area contributed by atoms with Crippen molar-refractivity contribution < 1.29 is 26.7 Å². The highest BCUT2D eigenvalue weighted by Crippen LogP contribution is 2.18. The second kappa shape index (κ2) is 6.98. The van der Waals surface area contributed by atoms with Crippen LogP contribution in [0.2, 0.25) is 0 Å². The highest BCUT2D eigenvalue weighted by atomic mass is 32.2. The van der Waals surface area contributed by atoms with Crippen LogP contribution in [0.25, 0.3) is 0 Å². The predicted molar refractivity (Wildman–Crippen MR) is 86.3 cm³/mol. The number of sulfonamides is 1. The molecule has 1 rings (SSSR count). The second-order valence-corrected chi connectivity index (χ2v) is 9.92. The first-order valence-corrected chi connectivity index (χ1v) is 10.4. The van der Waals surface area contributed by atoms with Crippen LogP contribution >= 0.6 is 0 Å². The quantitative estimate of drug-likeness (QED) is 0.715. The lowest BCUT2D eigenvalue weighted by molar-refractivity contribution is -0.137. The Morgan fingerprint density at radius 3 is 2.09 bits per heavy atom. The number of nitrogens with one attached hydrogen (secondary N) is 1. The fraction of sp³-hybridized carbons (Fsp3) is 0.500. The lowest BCUT2D eigenvalue weighted by Gasteiger charge is -2.25. The van der Waals surface area contributed by atoms with Crippen molar-refractivity contribution in [1.29, 1.82) is 0 Å². The third-order valence-corrected chi connectivity index (χ3v) is 5.61. The number of carboxylic acid groups (broad SMARTS) is 1. The molecule has 0 saturated heterocycles. The smallest absolute Gasteiger partial charge is 0.303 e. The second-order valence-electron chi connectivity index (χ2n) is 6.10. The van der Waals surface area contributed by atoms with Crippen LogP contribution in [0.4, 0.5) is 0 Å². The molecule has 130 valence electrons. The van der Waals surface area contributed by atoms with E-state index in [1.165, 1.54) is 24.3 Å². The van der Waals surface area contributed by atoms with Crippen molar-refractivity contribution >= 4 is 25.8 Å². The van der Waals surface area contributed by atoms with E-state index < -0.39 is 31.4 Å². The number of carbonyl (C=O) groups is 1. The number of benzene rings is 1. The van der Waals surface area contributed by atoms with Crippen molar-refractivity contribution in [3.63, 3.8) is 0 Å². The molecule has 0 bridgehead atoms. The number of sulfone groups is 1. The van der Waals surface area contributed by atoms with Crippen molar-refractivity contribution in [2.24, 2.45) is 0 Å². The normalized spacial score (nSPS) is 13.0. The Morgan fingerprint density at radius 2 is 1.65 bits per heavy atom. The largest absolute Gasteiger partial charge is 0.481 e. The van der Waals surface area contributed by atoms with Crippen molar-refractivity contribution in [3.05, 3.63) is 29.8 Å². The summed E-state index contributed by atoms with van der Waals surface area (Å²) in [6, 6.07) is 5.55. The summed E-state index contributed by atoms with van der Waals surface area (Å²) in [7, 11) is -7.01. The lowest BCUT2D eigenvalue weighted by atomic mass is 10.0. The molecule has 0 amide bonds. The molecule has 2 N–H and O–H groups in total. The number of hydrogen-bond acceptors (Lipinski definition) is 5. The van der Waals surface area contributed by atoms with Gasteiger partial charge in [-0.2, -0.15) is 0 Å². The molecule has 0 atom stereocenters. The van der Waals surface area contributed by atoms with Gasteiger partial charge in [0.1, 0.15) is 0 Å². The first-order chi connectivity index (χ1) is 10.3. The fourth-order valence-electron chi connectivity index (χ4n) is 1.96. The minimum atomic E-state index is -3.82. The van der Waals surface area contributed by atoms with E-state index in [4.69, 9.17) is 5.11 Å². The minimum Gasteiger partial charge on any atom is -0.481 e. The summed E-state index contributed by atoms with van der Waals surface area (Å²) in [4.78, 5) is 10.6. The molecule has 0 aliphatic heterocycles. The van der Waals surface area contributed by atoms with Gasteiger partial charge in [0.15, 0.2) is 9.84 Å². The minimum absolute atomic E-state index is 0.00171. The SMILES string of the molecule is CC(C)(CCC(=O)O)NS(=O)(=O)c1ccc(CS(C)(=O)=O)cc1. The molecule has 0 spiro atoms. The lowest BCUT2D eigenvalue weighted by Crippen LogP contribution is -2.43. The molecule has 7 nitrogen and oxygen atoms in total. The van der Waals surface area contributed by atoms with Gasteiger partial charge < -0.3 is 5.11 Å². The zero-order valence-corrected chi connectivity index (χ0v) is 14.9. The third-order valence-electron chi connectivity index (χ3n) is 3.04. The molecule has 0 heterocycles. The van der Waals surface area contributed by atoms with Gasteiger partial charge in [-0.1, -0.05) is 12.1 Å². The Kier molecular flexibility index (Phi) is 5.95. The molecule has 0 aliphatic carbocycles. The molecule has 23 heavy (non-hydrogen) atoms.